The predicted octanol–water partition coefficient (Wildman–Crippen LogP) is 4.28. The molecule has 0 aliphatic carbocycles. The molecule has 5 heteroatoms. The van der Waals surface area contributed by atoms with E-state index in [1.54, 1.807) is 6.20 Å². The summed E-state index contributed by atoms with van der Waals surface area (Å²) in [6.07, 6.45) is 4.92. The largest absolute Gasteiger partial charge is 0.436 e. The molecule has 2 fully saturated rings. The number of benzene rings is 2. The fourth-order valence-electron chi connectivity index (χ4n) is 4.56. The number of carbonyl (C=O) groups is 1. The van der Waals surface area contributed by atoms with E-state index in [4.69, 9.17) is 4.42 Å². The van der Waals surface area contributed by atoms with Crippen LogP contribution in [0, 0.1) is 6.92 Å². The van der Waals surface area contributed by atoms with Gasteiger partial charge < -0.3 is 14.6 Å². The number of hydrogen-bond donors (Lipinski definition) is 1. The molecular weight excluding hydrogens is 362 g/mol. The molecule has 2 aliphatic rings. The molecule has 0 spiro atoms. The summed E-state index contributed by atoms with van der Waals surface area (Å²) in [5, 5.41) is 3.46. The Morgan fingerprint density at radius 1 is 1.07 bits per heavy atom. The number of aromatic nitrogens is 1. The van der Waals surface area contributed by atoms with E-state index >= 15 is 0 Å². The molecule has 5 nitrogen and oxygen atoms in total. The van der Waals surface area contributed by atoms with E-state index in [-0.39, 0.29) is 11.9 Å². The van der Waals surface area contributed by atoms with Gasteiger partial charge in [0.25, 0.3) is 5.91 Å². The minimum absolute atomic E-state index is 0.0897. The van der Waals surface area contributed by atoms with Gasteiger partial charge in [0.1, 0.15) is 0 Å². The van der Waals surface area contributed by atoms with Crippen molar-refractivity contribution in [3.8, 4) is 22.8 Å². The van der Waals surface area contributed by atoms with Crippen molar-refractivity contribution in [2.45, 2.75) is 38.3 Å². The fourth-order valence-corrected chi connectivity index (χ4v) is 4.56. The van der Waals surface area contributed by atoms with Crippen LogP contribution in [0.5, 0.6) is 0 Å². The van der Waals surface area contributed by atoms with Gasteiger partial charge in [-0.05, 0) is 44.9 Å². The van der Waals surface area contributed by atoms with Gasteiger partial charge in [0.05, 0.1) is 11.8 Å². The Morgan fingerprint density at radius 2 is 1.86 bits per heavy atom. The molecule has 29 heavy (non-hydrogen) atoms. The lowest BCUT2D eigenvalue weighted by atomic mass is 10.0. The van der Waals surface area contributed by atoms with Crippen molar-refractivity contribution >= 4 is 5.91 Å². The third kappa shape index (κ3) is 3.36. The SMILES string of the molecule is Cc1ccc(-c2cnc(-c3ccccc3C(=O)N3C4CCNCC3CC4)o2)cc1. The maximum atomic E-state index is 13.6. The van der Waals surface area contributed by atoms with Crippen LogP contribution in [0.4, 0.5) is 0 Å². The number of amides is 1. The molecule has 1 N–H and O–H groups in total. The van der Waals surface area contributed by atoms with Gasteiger partial charge in [0.15, 0.2) is 5.76 Å². The van der Waals surface area contributed by atoms with Crippen LogP contribution in [0.2, 0.25) is 0 Å². The second-order valence-corrected chi connectivity index (χ2v) is 8.03. The zero-order valence-electron chi connectivity index (χ0n) is 16.6. The molecule has 2 aliphatic heterocycles. The maximum Gasteiger partial charge on any atom is 0.255 e. The fraction of sp³-hybridized carbons (Fsp3) is 0.333. The molecule has 3 aromatic rings. The van der Waals surface area contributed by atoms with Crippen molar-refractivity contribution in [1.82, 2.24) is 15.2 Å². The third-order valence-electron chi connectivity index (χ3n) is 6.12. The average molecular weight is 387 g/mol. The summed E-state index contributed by atoms with van der Waals surface area (Å²) in [7, 11) is 0. The summed E-state index contributed by atoms with van der Waals surface area (Å²) in [6.45, 7) is 3.91. The van der Waals surface area contributed by atoms with Crippen molar-refractivity contribution in [2.24, 2.45) is 0 Å². The Hall–Kier alpha value is -2.92. The minimum Gasteiger partial charge on any atom is -0.436 e. The van der Waals surface area contributed by atoms with Crippen LogP contribution in [0.25, 0.3) is 22.8 Å². The standard InChI is InChI=1S/C24H25N3O2/c1-16-6-8-17(9-7-16)22-15-26-23(29-22)20-4-2-3-5-21(20)24(28)27-18-10-11-19(27)14-25-13-12-18/h2-9,15,18-19,25H,10-14H2,1H3. The Bertz CT molecular complexity index is 1010. The molecule has 2 aromatic carbocycles. The van der Waals surface area contributed by atoms with E-state index in [2.05, 4.69) is 34.3 Å². The second-order valence-electron chi connectivity index (χ2n) is 8.03. The van der Waals surface area contributed by atoms with E-state index in [1.807, 2.05) is 36.4 Å². The number of fused-ring (bicyclic) bond motifs is 2. The topological polar surface area (TPSA) is 58.4 Å². The van der Waals surface area contributed by atoms with Crippen LogP contribution in [0.15, 0.2) is 59.1 Å². The molecule has 2 bridgehead atoms. The average Bonchev–Trinajstić information content (AvgIpc) is 3.32. The van der Waals surface area contributed by atoms with E-state index in [0.717, 1.165) is 43.5 Å². The first-order chi connectivity index (χ1) is 14.2. The molecule has 5 rings (SSSR count). The van der Waals surface area contributed by atoms with Gasteiger partial charge in [-0.3, -0.25) is 4.79 Å². The van der Waals surface area contributed by atoms with Crippen molar-refractivity contribution < 1.29 is 9.21 Å². The molecule has 3 heterocycles. The van der Waals surface area contributed by atoms with E-state index in [1.165, 1.54) is 5.56 Å². The quantitative estimate of drug-likeness (QED) is 0.729. The number of rotatable bonds is 3. The van der Waals surface area contributed by atoms with E-state index < -0.39 is 0 Å². The first-order valence-corrected chi connectivity index (χ1v) is 10.4. The van der Waals surface area contributed by atoms with E-state index in [0.29, 0.717) is 23.3 Å². The van der Waals surface area contributed by atoms with Crippen LogP contribution < -0.4 is 5.32 Å². The van der Waals surface area contributed by atoms with Crippen molar-refractivity contribution in [2.75, 3.05) is 13.1 Å². The van der Waals surface area contributed by atoms with Gasteiger partial charge in [-0.15, -0.1) is 0 Å². The number of oxazole rings is 1. The highest BCUT2D eigenvalue weighted by Gasteiger charge is 2.39. The van der Waals surface area contributed by atoms with Crippen molar-refractivity contribution in [1.29, 1.82) is 0 Å². The normalized spacial score (nSPS) is 21.2. The highest BCUT2D eigenvalue weighted by molar-refractivity contribution is 6.00. The first-order valence-electron chi connectivity index (χ1n) is 10.4. The van der Waals surface area contributed by atoms with Gasteiger partial charge in [0.2, 0.25) is 5.89 Å². The zero-order valence-corrected chi connectivity index (χ0v) is 16.6. The molecule has 2 saturated heterocycles. The summed E-state index contributed by atoms with van der Waals surface area (Å²) in [5.74, 6) is 1.29. The highest BCUT2D eigenvalue weighted by atomic mass is 16.4. The maximum absolute atomic E-state index is 13.6. The van der Waals surface area contributed by atoms with E-state index in [9.17, 15) is 4.79 Å². The van der Waals surface area contributed by atoms with Gasteiger partial charge in [-0.2, -0.15) is 0 Å². The lowest BCUT2D eigenvalue weighted by molar-refractivity contribution is 0.0681. The van der Waals surface area contributed by atoms with Crippen LogP contribution in [0.3, 0.4) is 0 Å². The minimum atomic E-state index is 0.0897. The summed E-state index contributed by atoms with van der Waals surface area (Å²) < 4.78 is 6.07. The number of hydrogen-bond acceptors (Lipinski definition) is 4. The molecule has 2 unspecified atom stereocenters. The number of carbonyl (C=O) groups excluding carboxylic acids is 1. The third-order valence-corrected chi connectivity index (χ3v) is 6.12. The molecule has 0 radical (unpaired) electrons. The van der Waals surface area contributed by atoms with Gasteiger partial charge >= 0.3 is 0 Å². The van der Waals surface area contributed by atoms with Crippen LogP contribution in [-0.2, 0) is 0 Å². The lowest BCUT2D eigenvalue weighted by Gasteiger charge is -2.28. The highest BCUT2D eigenvalue weighted by Crippen LogP contribution is 2.33. The van der Waals surface area contributed by atoms with Crippen LogP contribution >= 0.6 is 0 Å². The van der Waals surface area contributed by atoms with Crippen molar-refractivity contribution in [3.05, 3.63) is 65.9 Å². The monoisotopic (exact) mass is 387 g/mol. The van der Waals surface area contributed by atoms with Crippen LogP contribution in [0.1, 0.15) is 35.2 Å². The summed E-state index contributed by atoms with van der Waals surface area (Å²) >= 11 is 0. The molecule has 1 aromatic heterocycles. The Morgan fingerprint density at radius 3 is 2.72 bits per heavy atom. The smallest absolute Gasteiger partial charge is 0.255 e. The summed E-state index contributed by atoms with van der Waals surface area (Å²) in [5.41, 5.74) is 3.61. The van der Waals surface area contributed by atoms with Gasteiger partial charge in [-0.1, -0.05) is 42.0 Å². The lowest BCUT2D eigenvalue weighted by Crippen LogP contribution is -2.42. The Balaban J connectivity index is 1.49. The number of nitrogens with zero attached hydrogens (tertiary/aromatic N) is 2. The van der Waals surface area contributed by atoms with Gasteiger partial charge in [0, 0.05) is 29.8 Å². The van der Waals surface area contributed by atoms with Crippen molar-refractivity contribution in [3.63, 3.8) is 0 Å². The summed E-state index contributed by atoms with van der Waals surface area (Å²) in [6, 6.07) is 16.4. The molecule has 0 saturated carbocycles. The Kier molecular flexibility index (Phi) is 4.68. The molecule has 1 amide bonds. The zero-order chi connectivity index (χ0) is 19.8. The second kappa shape index (κ2) is 7.48. The molecule has 2 atom stereocenters. The Labute approximate surface area is 170 Å². The number of aryl methyl sites for hydroxylation is 1. The van der Waals surface area contributed by atoms with Crippen LogP contribution in [-0.4, -0.2) is 41.0 Å². The van der Waals surface area contributed by atoms with Gasteiger partial charge in [-0.25, -0.2) is 4.98 Å². The molecule has 148 valence electrons. The number of nitrogens with one attached hydrogen (secondary N) is 1. The molecular formula is C24H25N3O2. The first kappa shape index (κ1) is 18.1. The predicted molar refractivity (Wildman–Crippen MR) is 113 cm³/mol. The summed E-state index contributed by atoms with van der Waals surface area (Å²) in [4.78, 5) is 20.1.